The maximum atomic E-state index is 12.8. The average molecular weight is 487 g/mol. The van der Waals surface area contributed by atoms with Crippen molar-refractivity contribution in [1.82, 2.24) is 19.8 Å². The van der Waals surface area contributed by atoms with Crippen LogP contribution in [0.4, 0.5) is 4.79 Å². The van der Waals surface area contributed by atoms with Crippen molar-refractivity contribution < 1.29 is 18.8 Å². The molecule has 4 heterocycles. The van der Waals surface area contributed by atoms with E-state index in [0.29, 0.717) is 26.1 Å². The van der Waals surface area contributed by atoms with E-state index in [0.717, 1.165) is 54.0 Å². The van der Waals surface area contributed by atoms with Gasteiger partial charge < -0.3 is 18.9 Å². The van der Waals surface area contributed by atoms with Crippen molar-refractivity contribution in [3.05, 3.63) is 23.1 Å². The van der Waals surface area contributed by atoms with Crippen LogP contribution in [0, 0.1) is 5.92 Å². The molecule has 194 valence electrons. The molecule has 35 heavy (non-hydrogen) atoms. The number of rotatable bonds is 8. The minimum Gasteiger partial charge on any atom is -0.444 e. The number of fused-ring (bicyclic) bond motifs is 5. The molecule has 0 aromatic carbocycles. The summed E-state index contributed by atoms with van der Waals surface area (Å²) in [5.74, 6) is 0.273. The van der Waals surface area contributed by atoms with Crippen LogP contribution in [0.25, 0.3) is 11.4 Å². The second-order valence-electron chi connectivity index (χ2n) is 11.4. The molecule has 2 unspecified atom stereocenters. The van der Waals surface area contributed by atoms with E-state index in [1.807, 2.05) is 20.8 Å². The monoisotopic (exact) mass is 486 g/mol. The summed E-state index contributed by atoms with van der Waals surface area (Å²) in [6, 6.07) is 0. The van der Waals surface area contributed by atoms with Crippen LogP contribution in [0.15, 0.2) is 10.8 Å². The van der Waals surface area contributed by atoms with Crippen molar-refractivity contribution >= 4 is 6.09 Å². The first-order valence-electron chi connectivity index (χ1n) is 13.3. The molecule has 2 atom stereocenters. The van der Waals surface area contributed by atoms with Gasteiger partial charge in [0.25, 0.3) is 0 Å². The van der Waals surface area contributed by atoms with Crippen LogP contribution in [-0.2, 0) is 35.4 Å². The first-order valence-corrected chi connectivity index (χ1v) is 13.3. The fourth-order valence-corrected chi connectivity index (χ4v) is 5.05. The topological polar surface area (TPSA) is 82.6 Å². The molecule has 8 nitrogen and oxygen atoms in total. The SMILES string of the molecule is CCCCCC(C)(CC)OCC1Cc2conc2-c2c3c(nn2C1)CCN(C(=O)OC(C)(C)C)C3. The van der Waals surface area contributed by atoms with Crippen molar-refractivity contribution in [2.24, 2.45) is 5.92 Å². The number of carbonyl (C=O) groups is 1. The fourth-order valence-electron chi connectivity index (χ4n) is 5.05. The van der Waals surface area contributed by atoms with Crippen molar-refractivity contribution in [2.45, 2.75) is 111 Å². The molecule has 1 amide bonds. The molecule has 0 bridgehead atoms. The lowest BCUT2D eigenvalue weighted by atomic mass is 9.94. The van der Waals surface area contributed by atoms with Gasteiger partial charge in [0.05, 0.1) is 30.1 Å². The lowest BCUT2D eigenvalue weighted by Crippen LogP contribution is -2.39. The van der Waals surface area contributed by atoms with Gasteiger partial charge in [-0.15, -0.1) is 0 Å². The average Bonchev–Trinajstić information content (AvgIpc) is 3.36. The summed E-state index contributed by atoms with van der Waals surface area (Å²) < 4.78 is 19.7. The molecule has 8 heteroatoms. The van der Waals surface area contributed by atoms with Gasteiger partial charge in [-0.05, 0) is 47.0 Å². The van der Waals surface area contributed by atoms with Crippen molar-refractivity contribution in [2.75, 3.05) is 13.2 Å². The van der Waals surface area contributed by atoms with Gasteiger partial charge in [0.15, 0.2) is 0 Å². The van der Waals surface area contributed by atoms with Crippen LogP contribution in [0.5, 0.6) is 0 Å². The molecule has 2 aromatic rings. The van der Waals surface area contributed by atoms with Gasteiger partial charge in [-0.3, -0.25) is 4.68 Å². The highest BCUT2D eigenvalue weighted by molar-refractivity contribution is 5.71. The fraction of sp³-hybridized carbons (Fsp3) is 0.741. The zero-order valence-electron chi connectivity index (χ0n) is 22.4. The number of aromatic nitrogens is 3. The normalized spacial score (nSPS) is 19.4. The third kappa shape index (κ3) is 5.90. The van der Waals surface area contributed by atoms with Gasteiger partial charge in [-0.1, -0.05) is 38.3 Å². The van der Waals surface area contributed by atoms with Crippen LogP contribution >= 0.6 is 0 Å². The summed E-state index contributed by atoms with van der Waals surface area (Å²) in [5.41, 5.74) is 4.36. The van der Waals surface area contributed by atoms with Gasteiger partial charge in [-0.2, -0.15) is 5.10 Å². The molecular weight excluding hydrogens is 444 g/mol. The third-order valence-corrected chi connectivity index (χ3v) is 7.28. The Kier molecular flexibility index (Phi) is 7.60. The van der Waals surface area contributed by atoms with Gasteiger partial charge in [0.2, 0.25) is 0 Å². The smallest absolute Gasteiger partial charge is 0.410 e. The second-order valence-corrected chi connectivity index (χ2v) is 11.4. The first kappa shape index (κ1) is 25.7. The zero-order chi connectivity index (χ0) is 25.2. The highest BCUT2D eigenvalue weighted by atomic mass is 16.6. The Labute approximate surface area is 209 Å². The highest BCUT2D eigenvalue weighted by Gasteiger charge is 2.35. The van der Waals surface area contributed by atoms with Crippen LogP contribution < -0.4 is 0 Å². The largest absolute Gasteiger partial charge is 0.444 e. The van der Waals surface area contributed by atoms with Gasteiger partial charge >= 0.3 is 6.09 Å². The van der Waals surface area contributed by atoms with Crippen molar-refractivity contribution in [3.8, 4) is 11.4 Å². The Morgan fingerprint density at radius 1 is 1.23 bits per heavy atom. The summed E-state index contributed by atoms with van der Waals surface area (Å²) in [5, 5.41) is 9.34. The van der Waals surface area contributed by atoms with Gasteiger partial charge in [0, 0.05) is 36.6 Å². The molecule has 4 rings (SSSR count). The van der Waals surface area contributed by atoms with E-state index in [1.54, 1.807) is 11.2 Å². The molecule has 0 N–H and O–H groups in total. The van der Waals surface area contributed by atoms with E-state index in [4.69, 9.17) is 19.1 Å². The Morgan fingerprint density at radius 3 is 2.74 bits per heavy atom. The maximum absolute atomic E-state index is 12.8. The molecule has 2 aliphatic heterocycles. The van der Waals surface area contributed by atoms with E-state index in [9.17, 15) is 4.79 Å². The lowest BCUT2D eigenvalue weighted by Gasteiger charge is -2.31. The lowest BCUT2D eigenvalue weighted by molar-refractivity contribution is -0.0596. The molecule has 0 spiro atoms. The number of carbonyl (C=O) groups excluding carboxylic acids is 1. The molecular formula is C27H42N4O4. The van der Waals surface area contributed by atoms with E-state index in [2.05, 4.69) is 30.6 Å². The molecule has 2 aromatic heterocycles. The summed E-state index contributed by atoms with van der Waals surface area (Å²) in [6.07, 6.45) is 8.76. The van der Waals surface area contributed by atoms with E-state index < -0.39 is 5.60 Å². The molecule has 0 aliphatic carbocycles. The van der Waals surface area contributed by atoms with Crippen molar-refractivity contribution in [1.29, 1.82) is 0 Å². The molecule has 0 fully saturated rings. The Bertz CT molecular complexity index is 1020. The Hall–Kier alpha value is -2.35. The molecule has 0 saturated carbocycles. The Balaban J connectivity index is 1.53. The third-order valence-electron chi connectivity index (χ3n) is 7.28. The standard InChI is InChI=1S/C27H42N4O4/c1-7-9-10-12-27(6,8-2)33-17-19-14-20-18-34-29-23(20)24-21-16-30(25(32)35-26(3,4)5)13-11-22(21)28-31(24)15-19/h18-19H,7-17H2,1-6H3. The predicted molar refractivity (Wildman–Crippen MR) is 134 cm³/mol. The highest BCUT2D eigenvalue weighted by Crippen LogP contribution is 2.37. The van der Waals surface area contributed by atoms with Crippen LogP contribution in [0.1, 0.15) is 90.5 Å². The molecule has 0 radical (unpaired) electrons. The quantitative estimate of drug-likeness (QED) is 0.441. The van der Waals surface area contributed by atoms with E-state index in [1.165, 1.54) is 19.3 Å². The molecule has 0 saturated heterocycles. The summed E-state index contributed by atoms with van der Waals surface area (Å²) in [6.45, 7) is 14.9. The summed E-state index contributed by atoms with van der Waals surface area (Å²) >= 11 is 0. The first-order chi connectivity index (χ1) is 16.6. The Morgan fingerprint density at radius 2 is 2.03 bits per heavy atom. The van der Waals surface area contributed by atoms with E-state index >= 15 is 0 Å². The van der Waals surface area contributed by atoms with Gasteiger partial charge in [0.1, 0.15) is 17.6 Å². The number of unbranched alkanes of at least 4 members (excludes halogenated alkanes) is 2. The maximum Gasteiger partial charge on any atom is 0.410 e. The van der Waals surface area contributed by atoms with E-state index in [-0.39, 0.29) is 17.6 Å². The van der Waals surface area contributed by atoms with Crippen molar-refractivity contribution in [3.63, 3.8) is 0 Å². The van der Waals surface area contributed by atoms with Crippen LogP contribution in [-0.4, -0.2) is 50.3 Å². The summed E-state index contributed by atoms with van der Waals surface area (Å²) in [7, 11) is 0. The van der Waals surface area contributed by atoms with Crippen LogP contribution in [0.3, 0.4) is 0 Å². The van der Waals surface area contributed by atoms with Gasteiger partial charge in [-0.25, -0.2) is 4.79 Å². The molecule has 2 aliphatic rings. The number of hydrogen-bond donors (Lipinski definition) is 0. The minimum absolute atomic E-state index is 0.0982. The summed E-state index contributed by atoms with van der Waals surface area (Å²) in [4.78, 5) is 14.5. The number of ether oxygens (including phenoxy) is 2. The van der Waals surface area contributed by atoms with Crippen LogP contribution in [0.2, 0.25) is 0 Å². The second kappa shape index (κ2) is 10.3. The number of hydrogen-bond acceptors (Lipinski definition) is 6. The number of amides is 1. The minimum atomic E-state index is -0.524. The number of nitrogens with zero attached hydrogens (tertiary/aromatic N) is 4. The zero-order valence-corrected chi connectivity index (χ0v) is 22.4. The predicted octanol–water partition coefficient (Wildman–Crippen LogP) is 5.77.